The minimum Gasteiger partial charge on any atom is -0.339 e. The van der Waals surface area contributed by atoms with Gasteiger partial charge in [0, 0.05) is 19.1 Å². The number of amides is 1. The SMILES string of the molecule is CC1CCN(C(=O)C(CN)CC(C)(C)C)C2CCCCC12. The van der Waals surface area contributed by atoms with E-state index in [1.54, 1.807) is 0 Å². The van der Waals surface area contributed by atoms with Gasteiger partial charge in [0.05, 0.1) is 5.92 Å². The minimum atomic E-state index is 0.000910. The fourth-order valence-corrected chi connectivity index (χ4v) is 4.43. The summed E-state index contributed by atoms with van der Waals surface area (Å²) in [7, 11) is 0. The molecule has 2 aliphatic rings. The summed E-state index contributed by atoms with van der Waals surface area (Å²) in [4.78, 5) is 15.2. The molecule has 1 saturated carbocycles. The third-order valence-corrected chi connectivity index (χ3v) is 5.51. The fraction of sp³-hybridized carbons (Fsp3) is 0.944. The van der Waals surface area contributed by atoms with Crippen molar-refractivity contribution in [3.05, 3.63) is 0 Å². The van der Waals surface area contributed by atoms with Crippen LogP contribution in [0.4, 0.5) is 0 Å². The van der Waals surface area contributed by atoms with Crippen LogP contribution in [0.1, 0.15) is 66.2 Å². The van der Waals surface area contributed by atoms with Crippen molar-refractivity contribution in [1.29, 1.82) is 0 Å². The Hall–Kier alpha value is -0.570. The van der Waals surface area contributed by atoms with E-state index >= 15 is 0 Å². The van der Waals surface area contributed by atoms with Gasteiger partial charge in [0.25, 0.3) is 0 Å². The molecule has 1 saturated heterocycles. The van der Waals surface area contributed by atoms with Crippen LogP contribution >= 0.6 is 0 Å². The topological polar surface area (TPSA) is 46.3 Å². The Morgan fingerprint density at radius 1 is 1.24 bits per heavy atom. The van der Waals surface area contributed by atoms with Gasteiger partial charge in [-0.2, -0.15) is 0 Å². The average Bonchev–Trinajstić information content (AvgIpc) is 2.44. The number of nitrogens with two attached hydrogens (primary N) is 1. The monoisotopic (exact) mass is 294 g/mol. The van der Waals surface area contributed by atoms with E-state index in [-0.39, 0.29) is 11.3 Å². The summed E-state index contributed by atoms with van der Waals surface area (Å²) in [6, 6.07) is 0.490. The van der Waals surface area contributed by atoms with Gasteiger partial charge in [0.2, 0.25) is 5.91 Å². The van der Waals surface area contributed by atoms with E-state index in [0.717, 1.165) is 24.8 Å². The number of carbonyl (C=O) groups excluding carboxylic acids is 1. The molecule has 4 unspecified atom stereocenters. The van der Waals surface area contributed by atoms with Crippen molar-refractivity contribution in [2.24, 2.45) is 28.9 Å². The Kier molecular flexibility index (Phi) is 5.34. The van der Waals surface area contributed by atoms with Crippen LogP contribution in [0.2, 0.25) is 0 Å². The van der Waals surface area contributed by atoms with E-state index < -0.39 is 0 Å². The Bertz CT molecular complexity index is 361. The van der Waals surface area contributed by atoms with Crippen LogP contribution in [-0.2, 0) is 4.79 Å². The van der Waals surface area contributed by atoms with Crippen molar-refractivity contribution in [1.82, 2.24) is 4.90 Å². The van der Waals surface area contributed by atoms with E-state index in [2.05, 4.69) is 32.6 Å². The van der Waals surface area contributed by atoms with Gasteiger partial charge in [0.1, 0.15) is 0 Å². The zero-order valence-corrected chi connectivity index (χ0v) is 14.4. The molecule has 0 radical (unpaired) electrons. The van der Waals surface area contributed by atoms with Gasteiger partial charge in [-0.3, -0.25) is 4.79 Å². The van der Waals surface area contributed by atoms with E-state index in [1.807, 2.05) is 0 Å². The number of likely N-dealkylation sites (tertiary alicyclic amines) is 1. The molecule has 1 heterocycles. The molecule has 2 N–H and O–H groups in total. The number of hydrogen-bond donors (Lipinski definition) is 1. The maximum absolute atomic E-state index is 13.0. The van der Waals surface area contributed by atoms with Crippen LogP contribution in [0, 0.1) is 23.2 Å². The Morgan fingerprint density at radius 3 is 2.52 bits per heavy atom. The highest BCUT2D eigenvalue weighted by Crippen LogP contribution is 2.39. The number of carbonyl (C=O) groups is 1. The summed E-state index contributed by atoms with van der Waals surface area (Å²) in [6.45, 7) is 10.4. The molecular formula is C18H34N2O. The standard InChI is InChI=1S/C18H34N2O/c1-13-9-10-20(16-8-6-5-7-15(13)16)17(21)14(12-19)11-18(2,3)4/h13-16H,5-12,19H2,1-4H3. The van der Waals surface area contributed by atoms with Crippen molar-refractivity contribution >= 4 is 5.91 Å². The summed E-state index contributed by atoms with van der Waals surface area (Å²) >= 11 is 0. The zero-order chi connectivity index (χ0) is 15.6. The normalized spacial score (nSPS) is 31.7. The predicted molar refractivity (Wildman–Crippen MR) is 87.9 cm³/mol. The van der Waals surface area contributed by atoms with Gasteiger partial charge >= 0.3 is 0 Å². The molecule has 0 spiro atoms. The second-order valence-electron chi connectivity index (χ2n) is 8.51. The average molecular weight is 294 g/mol. The molecule has 0 aromatic carbocycles. The highest BCUT2D eigenvalue weighted by molar-refractivity contribution is 5.79. The van der Waals surface area contributed by atoms with Crippen LogP contribution in [0.25, 0.3) is 0 Å². The number of piperidine rings is 1. The van der Waals surface area contributed by atoms with Gasteiger partial charge < -0.3 is 10.6 Å². The number of fused-ring (bicyclic) bond motifs is 1. The van der Waals surface area contributed by atoms with E-state index in [0.29, 0.717) is 18.5 Å². The largest absolute Gasteiger partial charge is 0.339 e. The first kappa shape index (κ1) is 16.8. The van der Waals surface area contributed by atoms with Crippen LogP contribution in [-0.4, -0.2) is 29.9 Å². The van der Waals surface area contributed by atoms with E-state index in [4.69, 9.17) is 5.73 Å². The second kappa shape index (κ2) is 6.68. The fourth-order valence-electron chi connectivity index (χ4n) is 4.43. The van der Waals surface area contributed by atoms with Gasteiger partial charge in [-0.15, -0.1) is 0 Å². The van der Waals surface area contributed by atoms with E-state index in [9.17, 15) is 4.79 Å². The molecule has 1 aliphatic heterocycles. The number of hydrogen-bond acceptors (Lipinski definition) is 2. The lowest BCUT2D eigenvalue weighted by Crippen LogP contribution is -2.54. The molecule has 3 nitrogen and oxygen atoms in total. The van der Waals surface area contributed by atoms with Crippen LogP contribution in [0.3, 0.4) is 0 Å². The first-order chi connectivity index (χ1) is 9.83. The molecule has 2 fully saturated rings. The minimum absolute atomic E-state index is 0.000910. The molecular weight excluding hydrogens is 260 g/mol. The lowest BCUT2D eigenvalue weighted by atomic mass is 9.72. The molecule has 0 bridgehead atoms. The van der Waals surface area contributed by atoms with Crippen molar-refractivity contribution in [3.63, 3.8) is 0 Å². The van der Waals surface area contributed by atoms with Crippen molar-refractivity contribution < 1.29 is 4.79 Å². The molecule has 122 valence electrons. The number of nitrogens with zero attached hydrogens (tertiary/aromatic N) is 1. The Balaban J connectivity index is 2.09. The molecule has 3 heteroatoms. The summed E-state index contributed by atoms with van der Waals surface area (Å²) in [5.74, 6) is 1.83. The van der Waals surface area contributed by atoms with Crippen LogP contribution < -0.4 is 5.73 Å². The van der Waals surface area contributed by atoms with Crippen molar-refractivity contribution in [3.8, 4) is 0 Å². The molecule has 1 aliphatic carbocycles. The Labute approximate surface area is 130 Å². The molecule has 0 aromatic rings. The van der Waals surface area contributed by atoms with E-state index in [1.165, 1.54) is 32.1 Å². The summed E-state index contributed by atoms with van der Waals surface area (Å²) < 4.78 is 0. The maximum Gasteiger partial charge on any atom is 0.227 e. The molecule has 1 amide bonds. The summed E-state index contributed by atoms with van der Waals surface area (Å²) in [5.41, 5.74) is 6.10. The van der Waals surface area contributed by atoms with Crippen molar-refractivity contribution in [2.75, 3.05) is 13.1 Å². The second-order valence-corrected chi connectivity index (χ2v) is 8.51. The van der Waals surface area contributed by atoms with Crippen LogP contribution in [0.5, 0.6) is 0 Å². The lowest BCUT2D eigenvalue weighted by Gasteiger charge is -2.48. The van der Waals surface area contributed by atoms with Crippen LogP contribution in [0.15, 0.2) is 0 Å². The van der Waals surface area contributed by atoms with Gasteiger partial charge in [-0.05, 0) is 42.9 Å². The van der Waals surface area contributed by atoms with Gasteiger partial charge in [-0.25, -0.2) is 0 Å². The number of rotatable bonds is 3. The van der Waals surface area contributed by atoms with Crippen molar-refractivity contribution in [2.45, 2.75) is 72.3 Å². The first-order valence-corrected chi connectivity index (χ1v) is 8.84. The smallest absolute Gasteiger partial charge is 0.227 e. The zero-order valence-electron chi connectivity index (χ0n) is 14.4. The van der Waals surface area contributed by atoms with Gasteiger partial charge in [-0.1, -0.05) is 40.5 Å². The Morgan fingerprint density at radius 2 is 1.90 bits per heavy atom. The first-order valence-electron chi connectivity index (χ1n) is 8.84. The highest BCUT2D eigenvalue weighted by atomic mass is 16.2. The quantitative estimate of drug-likeness (QED) is 0.867. The molecule has 0 aromatic heterocycles. The third-order valence-electron chi connectivity index (χ3n) is 5.51. The third kappa shape index (κ3) is 4.00. The molecule has 2 rings (SSSR count). The predicted octanol–water partition coefficient (Wildman–Crippen LogP) is 3.42. The van der Waals surface area contributed by atoms with Gasteiger partial charge in [0.15, 0.2) is 0 Å². The summed E-state index contributed by atoms with van der Waals surface area (Å²) in [5, 5.41) is 0. The highest BCUT2D eigenvalue weighted by Gasteiger charge is 2.41. The maximum atomic E-state index is 13.0. The molecule has 4 atom stereocenters. The summed E-state index contributed by atoms with van der Waals surface area (Å²) in [6.07, 6.45) is 7.20. The lowest BCUT2D eigenvalue weighted by molar-refractivity contribution is -0.144. The molecule has 21 heavy (non-hydrogen) atoms.